The van der Waals surface area contributed by atoms with Gasteiger partial charge in [0.15, 0.2) is 0 Å². The van der Waals surface area contributed by atoms with Gasteiger partial charge in [0.25, 0.3) is 0 Å². The van der Waals surface area contributed by atoms with Crippen molar-refractivity contribution in [3.8, 4) is 67.5 Å². The number of rotatable bonds is 8. The maximum absolute atomic E-state index is 8.67. The fourth-order valence-corrected chi connectivity index (χ4v) is 12.5. The van der Waals surface area contributed by atoms with Gasteiger partial charge in [-0.1, -0.05) is 54.6 Å². The minimum absolute atomic E-state index is 0.0589. The molecule has 2 aromatic heterocycles. The number of ether oxygens (including phenoxy) is 1. The van der Waals surface area contributed by atoms with Gasteiger partial charge in [-0.2, -0.15) is 0 Å². The molecule has 0 fully saturated rings. The number of pyridine rings is 1. The van der Waals surface area contributed by atoms with Gasteiger partial charge < -0.3 is 0 Å². The number of hydrogen-bond donors (Lipinski definition) is 0. The molecule has 8 heteroatoms. The van der Waals surface area contributed by atoms with Crippen LogP contribution in [-0.4, -0.2) is 21.1 Å². The van der Waals surface area contributed by atoms with Crippen molar-refractivity contribution in [1.29, 1.82) is 0 Å². The van der Waals surface area contributed by atoms with E-state index < -0.39 is 6.85 Å². The first-order valence-electron chi connectivity index (χ1n) is 27.8. The SMILES string of the molecule is [2H]C([2H])([2H])c1ccccc1-c1ccc(N2B3c4ccccc4-c4ccccc4N3c3ccccc32)nc1Oc1cccc(-n2[c](=[Pt])n(-c3c(-c4ccccc4)cc(C(C)(C)C)cc3-c3cccc(C(C)(C)C)c3)c3ccccc32)c1. The van der Waals surface area contributed by atoms with Gasteiger partial charge in [-0.3, -0.25) is 0 Å². The minimum atomic E-state index is -2.40. The summed E-state index contributed by atoms with van der Waals surface area (Å²) in [5, 5.41) is 0. The van der Waals surface area contributed by atoms with Gasteiger partial charge in [0.05, 0.1) is 0 Å². The molecule has 0 N–H and O–H groups in total. The molecule has 77 heavy (non-hydrogen) atoms. The van der Waals surface area contributed by atoms with Crippen LogP contribution >= 0.6 is 0 Å². The Bertz CT molecular complexity index is 4310. The Kier molecular flexibility index (Phi) is 11.0. The Balaban J connectivity index is 0.995. The van der Waals surface area contributed by atoms with E-state index in [2.05, 4.69) is 256 Å². The summed E-state index contributed by atoms with van der Waals surface area (Å²) in [6.45, 7) is 11.0. The van der Waals surface area contributed by atoms with Gasteiger partial charge in [-0.05, 0) is 17.7 Å². The second-order valence-electron chi connectivity index (χ2n) is 22.1. The fraction of sp³-hybridized carbons (Fsp3) is 0.130. The summed E-state index contributed by atoms with van der Waals surface area (Å²) in [5.74, 6) is 1.48. The number of fused-ring (bicyclic) bond motifs is 9. The third-order valence-corrected chi connectivity index (χ3v) is 16.2. The van der Waals surface area contributed by atoms with E-state index in [1.54, 1.807) is 12.1 Å². The predicted molar refractivity (Wildman–Crippen MR) is 317 cm³/mol. The van der Waals surface area contributed by atoms with Gasteiger partial charge in [0.2, 0.25) is 0 Å². The Labute approximate surface area is 467 Å². The quantitative estimate of drug-likeness (QED) is 0.142. The summed E-state index contributed by atoms with van der Waals surface area (Å²) >= 11 is 2.50. The van der Waals surface area contributed by atoms with Crippen molar-refractivity contribution in [2.45, 2.75) is 59.2 Å². The van der Waals surface area contributed by atoms with Crippen LogP contribution in [0, 0.1) is 10.7 Å². The molecule has 0 bridgehead atoms. The van der Waals surface area contributed by atoms with Gasteiger partial charge in [-0.25, -0.2) is 0 Å². The molecule has 2 aliphatic heterocycles. The normalized spacial score (nSPS) is 13.6. The predicted octanol–water partition coefficient (Wildman–Crippen LogP) is 17.3. The van der Waals surface area contributed by atoms with Crippen LogP contribution in [0.5, 0.6) is 11.6 Å². The van der Waals surface area contributed by atoms with E-state index in [4.69, 9.17) is 13.8 Å². The van der Waals surface area contributed by atoms with Crippen LogP contribution in [0.25, 0.3) is 66.9 Å². The molecule has 0 saturated carbocycles. The van der Waals surface area contributed by atoms with Crippen LogP contribution < -0.4 is 19.8 Å². The van der Waals surface area contributed by atoms with E-state index in [0.717, 1.165) is 76.6 Å². The molecule has 0 unspecified atom stereocenters. The second kappa shape index (κ2) is 18.8. The molecule has 0 amide bonds. The molecule has 0 spiro atoms. The van der Waals surface area contributed by atoms with Crippen LogP contribution in [0.15, 0.2) is 224 Å². The molecule has 0 atom stereocenters. The van der Waals surface area contributed by atoms with Crippen LogP contribution in [0.4, 0.5) is 22.9 Å². The van der Waals surface area contributed by atoms with Gasteiger partial charge in [0, 0.05) is 11.3 Å². The van der Waals surface area contributed by atoms with Crippen LogP contribution in [0.3, 0.4) is 0 Å². The van der Waals surface area contributed by atoms with E-state index in [1.165, 1.54) is 16.7 Å². The molecular weight excluding hydrogens is 1120 g/mol. The van der Waals surface area contributed by atoms with Crippen molar-refractivity contribution in [2.75, 3.05) is 9.62 Å². The van der Waals surface area contributed by atoms with Crippen LogP contribution in [0.1, 0.15) is 62.3 Å². The van der Waals surface area contributed by atoms with Gasteiger partial charge in [-0.15, -0.1) is 0 Å². The number of imidazole rings is 1. The van der Waals surface area contributed by atoms with Crippen LogP contribution in [-0.2, 0) is 30.2 Å². The molecule has 9 aromatic carbocycles. The molecule has 13 rings (SSSR count). The van der Waals surface area contributed by atoms with Crippen molar-refractivity contribution in [3.63, 3.8) is 0 Å². The summed E-state index contributed by atoms with van der Waals surface area (Å²) in [6, 6.07) is 78.1. The molecule has 2 aliphatic rings. The average Bonchev–Trinajstić information content (AvgIpc) is 4.04. The zero-order chi connectivity index (χ0) is 55.2. The molecule has 0 radical (unpaired) electrons. The molecule has 378 valence electrons. The molecule has 0 aliphatic carbocycles. The van der Waals surface area contributed by atoms with E-state index >= 15 is 0 Å². The van der Waals surface area contributed by atoms with Crippen molar-refractivity contribution >= 4 is 46.4 Å². The Hall–Kier alpha value is -8.25. The molecule has 0 saturated heterocycles. The number of benzene rings is 9. The molecular formula is C69H58BN5OPt. The number of nitrogens with zero attached hydrogens (tertiary/aromatic N) is 5. The third-order valence-electron chi connectivity index (χ3n) is 15.2. The van der Waals surface area contributed by atoms with Crippen molar-refractivity contribution in [3.05, 3.63) is 245 Å². The number of para-hydroxylation sites is 5. The average molecular weight is 1180 g/mol. The van der Waals surface area contributed by atoms with E-state index in [0.29, 0.717) is 22.7 Å². The van der Waals surface area contributed by atoms with E-state index in [1.807, 2.05) is 36.4 Å². The molecule has 11 aromatic rings. The van der Waals surface area contributed by atoms with Crippen molar-refractivity contribution < 1.29 is 28.2 Å². The second-order valence-corrected chi connectivity index (χ2v) is 23.2. The Morgan fingerprint density at radius 3 is 1.81 bits per heavy atom. The standard InChI is InChI=1S/C69H58BN5O.Pt/c1-46-23-11-12-30-53(46)56-39-40-65(75-64-38-20-19-37-63(64)74-60-34-16-14-32-55(60)54-31-13-15-33-59(54)70(74)75)71-67(56)76-52-29-22-28-51(44-52)72-45-73(62-36-18-17-35-61(62)72)66-57(47-24-9-8-10-25-47)42-50(69(5,6)7)43-58(66)48-26-21-27-49(41-48)68(2,3)4;/h8-44H,1-7H3;/i1D3;. The third kappa shape index (κ3) is 8.31. The molecule has 4 heterocycles. The van der Waals surface area contributed by atoms with E-state index in [-0.39, 0.29) is 29.3 Å². The zero-order valence-electron chi connectivity index (χ0n) is 46.9. The van der Waals surface area contributed by atoms with Crippen molar-refractivity contribution in [2.24, 2.45) is 0 Å². The summed E-state index contributed by atoms with van der Waals surface area (Å²) in [5.41, 5.74) is 18.9. The van der Waals surface area contributed by atoms with E-state index in [9.17, 15) is 0 Å². The summed E-state index contributed by atoms with van der Waals surface area (Å²) in [6.07, 6.45) is 0. The maximum atomic E-state index is 8.67. The topological polar surface area (TPSA) is 38.5 Å². The molecule has 6 nitrogen and oxygen atoms in total. The summed E-state index contributed by atoms with van der Waals surface area (Å²) in [7, 11) is 0. The number of hydrogen-bond acceptors (Lipinski definition) is 4. The first-order chi connectivity index (χ1) is 38.5. The Morgan fingerprint density at radius 1 is 0.468 bits per heavy atom. The summed E-state index contributed by atoms with van der Waals surface area (Å²) < 4.78 is 38.9. The van der Waals surface area contributed by atoms with Gasteiger partial charge >= 0.3 is 386 Å². The number of aromatic nitrogens is 3. The monoisotopic (exact) mass is 1180 g/mol. The number of anilines is 4. The van der Waals surface area contributed by atoms with Crippen molar-refractivity contribution in [1.82, 2.24) is 14.1 Å². The Morgan fingerprint density at radius 2 is 1.06 bits per heavy atom. The van der Waals surface area contributed by atoms with Crippen LogP contribution in [0.2, 0.25) is 0 Å². The first-order valence-corrected chi connectivity index (χ1v) is 27.4. The number of aryl methyl sites for hydroxylation is 1. The first kappa shape index (κ1) is 45.0. The fourth-order valence-electron chi connectivity index (χ4n) is 11.4. The zero-order valence-corrected chi connectivity index (χ0v) is 46.2. The van der Waals surface area contributed by atoms with Gasteiger partial charge in [0.1, 0.15) is 0 Å². The summed E-state index contributed by atoms with van der Waals surface area (Å²) in [4.78, 5) is 10.2.